The van der Waals surface area contributed by atoms with Gasteiger partial charge >= 0.3 is 0 Å². The molecule has 0 N–H and O–H groups in total. The van der Waals surface area contributed by atoms with Crippen molar-refractivity contribution in [2.24, 2.45) is 0 Å². The standard InChI is InChI=1S/C9H3BrFNS/c10-7-1-2-8-6(9(7)11)3-5(4-12)13-8/h1-3H. The van der Waals surface area contributed by atoms with E-state index in [1.54, 1.807) is 18.2 Å². The van der Waals surface area contributed by atoms with E-state index in [9.17, 15) is 4.39 Å². The summed E-state index contributed by atoms with van der Waals surface area (Å²) >= 11 is 4.39. The SMILES string of the molecule is N#Cc1cc2c(F)c(Br)ccc2s1. The lowest BCUT2D eigenvalue weighted by molar-refractivity contribution is 0.633. The summed E-state index contributed by atoms with van der Waals surface area (Å²) in [5.74, 6) is -0.296. The van der Waals surface area contributed by atoms with Crippen molar-refractivity contribution < 1.29 is 4.39 Å². The first-order chi connectivity index (χ1) is 6.22. The zero-order valence-electron chi connectivity index (χ0n) is 6.34. The lowest BCUT2D eigenvalue weighted by atomic mass is 10.2. The maximum atomic E-state index is 13.4. The molecule has 0 spiro atoms. The van der Waals surface area contributed by atoms with Crippen LogP contribution in [0.4, 0.5) is 4.39 Å². The molecule has 0 atom stereocenters. The Morgan fingerprint density at radius 3 is 2.92 bits per heavy atom. The summed E-state index contributed by atoms with van der Waals surface area (Å²) < 4.78 is 14.6. The molecule has 0 amide bonds. The van der Waals surface area contributed by atoms with Gasteiger partial charge in [0.25, 0.3) is 0 Å². The summed E-state index contributed by atoms with van der Waals surface area (Å²) in [4.78, 5) is 0.534. The van der Waals surface area contributed by atoms with E-state index in [0.29, 0.717) is 14.7 Å². The van der Waals surface area contributed by atoms with Crippen LogP contribution in [0.1, 0.15) is 4.88 Å². The molecule has 0 aliphatic carbocycles. The normalized spacial score (nSPS) is 10.2. The Hall–Kier alpha value is -0.920. The van der Waals surface area contributed by atoms with Crippen LogP contribution >= 0.6 is 27.3 Å². The second-order valence-corrected chi connectivity index (χ2v) is 4.43. The van der Waals surface area contributed by atoms with Gasteiger partial charge in [-0.3, -0.25) is 0 Å². The molecule has 64 valence electrons. The van der Waals surface area contributed by atoms with Crippen molar-refractivity contribution in [3.63, 3.8) is 0 Å². The number of rotatable bonds is 0. The van der Waals surface area contributed by atoms with Gasteiger partial charge in [-0.25, -0.2) is 4.39 Å². The zero-order chi connectivity index (χ0) is 9.42. The van der Waals surface area contributed by atoms with Crippen LogP contribution in [0.25, 0.3) is 10.1 Å². The largest absolute Gasteiger partial charge is 0.205 e. The molecule has 0 saturated heterocycles. The Kier molecular flexibility index (Phi) is 2.06. The lowest BCUT2D eigenvalue weighted by Crippen LogP contribution is -1.75. The molecule has 1 heterocycles. The number of hydrogen-bond acceptors (Lipinski definition) is 2. The monoisotopic (exact) mass is 255 g/mol. The number of fused-ring (bicyclic) bond motifs is 1. The highest BCUT2D eigenvalue weighted by molar-refractivity contribution is 9.10. The third kappa shape index (κ3) is 1.34. The van der Waals surface area contributed by atoms with Crippen molar-refractivity contribution in [3.05, 3.63) is 33.4 Å². The van der Waals surface area contributed by atoms with Crippen LogP contribution in [0, 0.1) is 17.1 Å². The molecule has 2 rings (SSSR count). The first-order valence-electron chi connectivity index (χ1n) is 3.50. The number of hydrogen-bond donors (Lipinski definition) is 0. The van der Waals surface area contributed by atoms with Crippen LogP contribution in [0.15, 0.2) is 22.7 Å². The van der Waals surface area contributed by atoms with Crippen LogP contribution in [-0.4, -0.2) is 0 Å². The smallest absolute Gasteiger partial charge is 0.146 e. The highest BCUT2D eigenvalue weighted by Crippen LogP contribution is 2.30. The van der Waals surface area contributed by atoms with Gasteiger partial charge in [0.1, 0.15) is 16.8 Å². The third-order valence-electron chi connectivity index (χ3n) is 1.70. The number of benzene rings is 1. The summed E-state index contributed by atoms with van der Waals surface area (Å²) in [5.41, 5.74) is 0. The number of thiophene rings is 1. The molecular weight excluding hydrogens is 253 g/mol. The fourth-order valence-electron chi connectivity index (χ4n) is 1.11. The van der Waals surface area contributed by atoms with Gasteiger partial charge in [0.2, 0.25) is 0 Å². The van der Waals surface area contributed by atoms with Crippen molar-refractivity contribution in [3.8, 4) is 6.07 Å². The van der Waals surface area contributed by atoms with Crippen LogP contribution in [0.5, 0.6) is 0 Å². The molecular formula is C9H3BrFNS. The molecule has 0 fully saturated rings. The first kappa shape index (κ1) is 8.67. The summed E-state index contributed by atoms with van der Waals surface area (Å²) in [6, 6.07) is 7.02. The summed E-state index contributed by atoms with van der Waals surface area (Å²) in [6.45, 7) is 0. The summed E-state index contributed by atoms with van der Waals surface area (Å²) in [5, 5.41) is 9.14. The van der Waals surface area contributed by atoms with Crippen molar-refractivity contribution in [1.29, 1.82) is 5.26 Å². The Labute approximate surface area is 86.5 Å². The Morgan fingerprint density at radius 2 is 2.23 bits per heavy atom. The van der Waals surface area contributed by atoms with E-state index in [-0.39, 0.29) is 5.82 Å². The fraction of sp³-hybridized carbons (Fsp3) is 0. The lowest BCUT2D eigenvalue weighted by Gasteiger charge is -1.93. The zero-order valence-corrected chi connectivity index (χ0v) is 8.75. The molecule has 4 heteroatoms. The van der Waals surface area contributed by atoms with Crippen molar-refractivity contribution in [2.75, 3.05) is 0 Å². The van der Waals surface area contributed by atoms with E-state index in [0.717, 1.165) is 4.70 Å². The minimum Gasteiger partial charge on any atom is -0.205 e. The van der Waals surface area contributed by atoms with Crippen LogP contribution in [-0.2, 0) is 0 Å². The fourth-order valence-corrected chi connectivity index (χ4v) is 2.31. The number of nitrogens with zero attached hydrogens (tertiary/aromatic N) is 1. The van der Waals surface area contributed by atoms with Crippen molar-refractivity contribution in [2.45, 2.75) is 0 Å². The van der Waals surface area contributed by atoms with Crippen LogP contribution in [0.3, 0.4) is 0 Å². The van der Waals surface area contributed by atoms with E-state index in [4.69, 9.17) is 5.26 Å². The molecule has 0 unspecified atom stereocenters. The molecule has 1 aromatic carbocycles. The van der Waals surface area contributed by atoms with E-state index in [1.807, 2.05) is 6.07 Å². The van der Waals surface area contributed by atoms with Gasteiger partial charge in [0, 0.05) is 10.1 Å². The quantitative estimate of drug-likeness (QED) is 0.705. The highest BCUT2D eigenvalue weighted by Gasteiger charge is 2.08. The summed E-state index contributed by atoms with van der Waals surface area (Å²) in [6.07, 6.45) is 0. The molecule has 1 nitrogen and oxygen atoms in total. The van der Waals surface area contributed by atoms with Gasteiger partial charge in [-0.1, -0.05) is 0 Å². The molecule has 1 aromatic heterocycles. The first-order valence-corrected chi connectivity index (χ1v) is 5.11. The van der Waals surface area contributed by atoms with E-state index in [1.165, 1.54) is 11.3 Å². The maximum Gasteiger partial charge on any atom is 0.146 e. The predicted octanol–water partition coefficient (Wildman–Crippen LogP) is 3.67. The van der Waals surface area contributed by atoms with Gasteiger partial charge in [-0.05, 0) is 34.1 Å². The Balaban J connectivity index is 2.86. The minimum atomic E-state index is -0.296. The van der Waals surface area contributed by atoms with Gasteiger partial charge in [-0.15, -0.1) is 11.3 Å². The average Bonchev–Trinajstić information content (AvgIpc) is 2.55. The van der Waals surface area contributed by atoms with Crippen LogP contribution in [0.2, 0.25) is 0 Å². The molecule has 0 radical (unpaired) electrons. The van der Waals surface area contributed by atoms with E-state index < -0.39 is 0 Å². The predicted molar refractivity (Wildman–Crippen MR) is 54.2 cm³/mol. The molecule has 0 aliphatic rings. The molecule has 0 saturated carbocycles. The Bertz CT molecular complexity index is 512. The van der Waals surface area contributed by atoms with Crippen LogP contribution < -0.4 is 0 Å². The molecule has 13 heavy (non-hydrogen) atoms. The Morgan fingerprint density at radius 1 is 1.46 bits per heavy atom. The maximum absolute atomic E-state index is 13.4. The molecule has 0 aliphatic heterocycles. The molecule has 2 aromatic rings. The van der Waals surface area contributed by atoms with Gasteiger partial charge in [0.15, 0.2) is 0 Å². The van der Waals surface area contributed by atoms with Gasteiger partial charge < -0.3 is 0 Å². The topological polar surface area (TPSA) is 23.8 Å². The second-order valence-electron chi connectivity index (χ2n) is 2.50. The van der Waals surface area contributed by atoms with Crippen molar-refractivity contribution in [1.82, 2.24) is 0 Å². The van der Waals surface area contributed by atoms with Gasteiger partial charge in [0.05, 0.1) is 4.47 Å². The third-order valence-corrected chi connectivity index (χ3v) is 3.32. The average molecular weight is 256 g/mol. The highest BCUT2D eigenvalue weighted by atomic mass is 79.9. The van der Waals surface area contributed by atoms with Crippen molar-refractivity contribution >= 4 is 37.4 Å². The minimum absolute atomic E-state index is 0.296. The van der Waals surface area contributed by atoms with E-state index in [2.05, 4.69) is 15.9 Å². The number of halogens is 2. The van der Waals surface area contributed by atoms with Gasteiger partial charge in [-0.2, -0.15) is 5.26 Å². The number of nitriles is 1. The summed E-state index contributed by atoms with van der Waals surface area (Å²) in [7, 11) is 0. The second kappa shape index (κ2) is 3.09. The van der Waals surface area contributed by atoms with E-state index >= 15 is 0 Å². The molecule has 0 bridgehead atoms.